The van der Waals surface area contributed by atoms with Crippen LogP contribution in [0.1, 0.15) is 55.8 Å². The summed E-state index contributed by atoms with van der Waals surface area (Å²) in [5.74, 6) is -0.220. The summed E-state index contributed by atoms with van der Waals surface area (Å²) >= 11 is 0. The summed E-state index contributed by atoms with van der Waals surface area (Å²) in [4.78, 5) is 10.7. The zero-order valence-electron chi connectivity index (χ0n) is 12.0. The molecule has 2 N–H and O–H groups in total. The molecule has 112 valence electrons. The van der Waals surface area contributed by atoms with E-state index in [0.29, 0.717) is 12.4 Å². The number of carboxylic acid groups (broad SMARTS) is 1. The van der Waals surface area contributed by atoms with E-state index in [1.165, 1.54) is 0 Å². The van der Waals surface area contributed by atoms with Crippen LogP contribution >= 0.6 is 0 Å². The SMILES string of the molecule is CCC(O)CCCCCCOc1ccc(C(=O)O)cc1. The Kier molecular flexibility index (Phi) is 7.73. The predicted molar refractivity (Wildman–Crippen MR) is 78.3 cm³/mol. The van der Waals surface area contributed by atoms with Crippen LogP contribution in [-0.2, 0) is 0 Å². The Morgan fingerprint density at radius 2 is 1.80 bits per heavy atom. The number of aliphatic hydroxyl groups is 1. The van der Waals surface area contributed by atoms with Gasteiger partial charge in [0, 0.05) is 0 Å². The van der Waals surface area contributed by atoms with Gasteiger partial charge in [0.2, 0.25) is 0 Å². The molecule has 0 amide bonds. The minimum Gasteiger partial charge on any atom is -0.494 e. The monoisotopic (exact) mass is 280 g/mol. The number of ether oxygens (including phenoxy) is 1. The first-order valence-corrected chi connectivity index (χ1v) is 7.27. The van der Waals surface area contributed by atoms with Crippen LogP contribution in [0.5, 0.6) is 5.75 Å². The molecular weight excluding hydrogens is 256 g/mol. The van der Waals surface area contributed by atoms with Crippen LogP contribution in [0.3, 0.4) is 0 Å². The largest absolute Gasteiger partial charge is 0.494 e. The molecule has 0 spiro atoms. The number of rotatable bonds is 10. The Bertz CT molecular complexity index is 386. The smallest absolute Gasteiger partial charge is 0.335 e. The molecule has 20 heavy (non-hydrogen) atoms. The Labute approximate surface area is 120 Å². The molecule has 1 unspecified atom stereocenters. The third-order valence-electron chi connectivity index (χ3n) is 3.27. The topological polar surface area (TPSA) is 66.8 Å². The summed E-state index contributed by atoms with van der Waals surface area (Å²) in [6.07, 6.45) is 5.79. The molecule has 0 saturated carbocycles. The second kappa shape index (κ2) is 9.37. The molecule has 1 aromatic rings. The fourth-order valence-electron chi connectivity index (χ4n) is 1.92. The zero-order chi connectivity index (χ0) is 14.8. The fourth-order valence-corrected chi connectivity index (χ4v) is 1.92. The van der Waals surface area contributed by atoms with E-state index in [1.807, 2.05) is 6.92 Å². The van der Waals surface area contributed by atoms with E-state index in [0.717, 1.165) is 38.5 Å². The third-order valence-corrected chi connectivity index (χ3v) is 3.27. The lowest BCUT2D eigenvalue weighted by molar-refractivity contribution is 0.0697. The lowest BCUT2D eigenvalue weighted by Gasteiger charge is -2.08. The van der Waals surface area contributed by atoms with Crippen molar-refractivity contribution in [1.82, 2.24) is 0 Å². The summed E-state index contributed by atoms with van der Waals surface area (Å²) < 4.78 is 5.55. The van der Waals surface area contributed by atoms with Gasteiger partial charge < -0.3 is 14.9 Å². The number of hydrogen-bond acceptors (Lipinski definition) is 3. The maximum absolute atomic E-state index is 10.7. The molecule has 0 fully saturated rings. The average molecular weight is 280 g/mol. The quantitative estimate of drug-likeness (QED) is 0.644. The Morgan fingerprint density at radius 1 is 1.15 bits per heavy atom. The zero-order valence-corrected chi connectivity index (χ0v) is 12.0. The van der Waals surface area contributed by atoms with Crippen LogP contribution in [0.2, 0.25) is 0 Å². The van der Waals surface area contributed by atoms with E-state index in [9.17, 15) is 9.90 Å². The lowest BCUT2D eigenvalue weighted by atomic mass is 10.1. The van der Waals surface area contributed by atoms with Crippen molar-refractivity contribution in [2.75, 3.05) is 6.61 Å². The molecule has 0 aliphatic heterocycles. The van der Waals surface area contributed by atoms with Crippen molar-refractivity contribution in [3.05, 3.63) is 29.8 Å². The summed E-state index contributed by atoms with van der Waals surface area (Å²) in [5, 5.41) is 18.2. The van der Waals surface area contributed by atoms with Crippen LogP contribution in [0, 0.1) is 0 Å². The highest BCUT2D eigenvalue weighted by Crippen LogP contribution is 2.13. The van der Waals surface area contributed by atoms with Gasteiger partial charge in [-0.3, -0.25) is 0 Å². The molecule has 0 radical (unpaired) electrons. The van der Waals surface area contributed by atoms with Crippen molar-refractivity contribution in [2.45, 2.75) is 51.6 Å². The number of carbonyl (C=O) groups is 1. The van der Waals surface area contributed by atoms with Crippen LogP contribution in [0.4, 0.5) is 0 Å². The van der Waals surface area contributed by atoms with E-state index >= 15 is 0 Å². The molecule has 0 heterocycles. The Hall–Kier alpha value is -1.55. The van der Waals surface area contributed by atoms with Gasteiger partial charge in [0.05, 0.1) is 18.3 Å². The van der Waals surface area contributed by atoms with Gasteiger partial charge in [-0.15, -0.1) is 0 Å². The van der Waals surface area contributed by atoms with Gasteiger partial charge in [-0.2, -0.15) is 0 Å². The van der Waals surface area contributed by atoms with Crippen LogP contribution in [-0.4, -0.2) is 28.9 Å². The van der Waals surface area contributed by atoms with Crippen LogP contribution in [0.15, 0.2) is 24.3 Å². The molecule has 4 nitrogen and oxygen atoms in total. The van der Waals surface area contributed by atoms with E-state index in [-0.39, 0.29) is 11.7 Å². The van der Waals surface area contributed by atoms with Crippen molar-refractivity contribution in [3.8, 4) is 5.75 Å². The second-order valence-corrected chi connectivity index (χ2v) is 4.94. The van der Waals surface area contributed by atoms with Crippen molar-refractivity contribution in [3.63, 3.8) is 0 Å². The van der Waals surface area contributed by atoms with Gasteiger partial charge >= 0.3 is 5.97 Å². The Morgan fingerprint density at radius 3 is 2.40 bits per heavy atom. The highest BCUT2D eigenvalue weighted by Gasteiger charge is 2.02. The summed E-state index contributed by atoms with van der Waals surface area (Å²) in [7, 11) is 0. The second-order valence-electron chi connectivity index (χ2n) is 4.94. The number of unbranched alkanes of at least 4 members (excludes halogenated alkanes) is 3. The van der Waals surface area contributed by atoms with E-state index in [1.54, 1.807) is 24.3 Å². The number of carboxylic acids is 1. The highest BCUT2D eigenvalue weighted by atomic mass is 16.5. The van der Waals surface area contributed by atoms with Crippen molar-refractivity contribution in [1.29, 1.82) is 0 Å². The molecule has 1 rings (SSSR count). The van der Waals surface area contributed by atoms with E-state index in [2.05, 4.69) is 0 Å². The third kappa shape index (κ3) is 6.57. The summed E-state index contributed by atoms with van der Waals surface area (Å²) in [5.41, 5.74) is 0.270. The van der Waals surface area contributed by atoms with Crippen molar-refractivity contribution in [2.24, 2.45) is 0 Å². The summed E-state index contributed by atoms with van der Waals surface area (Å²) in [6.45, 7) is 2.64. The first-order chi connectivity index (χ1) is 9.63. The minimum atomic E-state index is -0.925. The van der Waals surface area contributed by atoms with E-state index < -0.39 is 5.97 Å². The van der Waals surface area contributed by atoms with Crippen molar-refractivity contribution >= 4 is 5.97 Å². The maximum Gasteiger partial charge on any atom is 0.335 e. The van der Waals surface area contributed by atoms with Gasteiger partial charge in [-0.05, 0) is 43.5 Å². The molecule has 4 heteroatoms. The van der Waals surface area contributed by atoms with Crippen molar-refractivity contribution < 1.29 is 19.7 Å². The number of benzene rings is 1. The molecule has 1 aromatic carbocycles. The first-order valence-electron chi connectivity index (χ1n) is 7.27. The number of hydrogen-bond donors (Lipinski definition) is 2. The van der Waals surface area contributed by atoms with Gasteiger partial charge in [0.25, 0.3) is 0 Å². The van der Waals surface area contributed by atoms with Crippen LogP contribution < -0.4 is 4.74 Å². The first kappa shape index (κ1) is 16.5. The maximum atomic E-state index is 10.7. The average Bonchev–Trinajstić information content (AvgIpc) is 2.46. The fraction of sp³-hybridized carbons (Fsp3) is 0.562. The molecule has 0 aliphatic rings. The molecule has 0 saturated heterocycles. The van der Waals surface area contributed by atoms with Gasteiger partial charge in [0.1, 0.15) is 5.75 Å². The van der Waals surface area contributed by atoms with Gasteiger partial charge in [-0.25, -0.2) is 4.79 Å². The Balaban J connectivity index is 2.08. The standard InChI is InChI=1S/C16H24O4/c1-2-14(17)7-5-3-4-6-12-20-15-10-8-13(9-11-15)16(18)19/h8-11,14,17H,2-7,12H2,1H3,(H,18,19). The van der Waals surface area contributed by atoms with Gasteiger partial charge in [-0.1, -0.05) is 26.2 Å². The molecule has 1 atom stereocenters. The van der Waals surface area contributed by atoms with Gasteiger partial charge in [0.15, 0.2) is 0 Å². The minimum absolute atomic E-state index is 0.154. The van der Waals surface area contributed by atoms with Crippen LogP contribution in [0.25, 0.3) is 0 Å². The molecule has 0 bridgehead atoms. The number of aliphatic hydroxyl groups excluding tert-OH is 1. The molecular formula is C16H24O4. The molecule has 0 aromatic heterocycles. The molecule has 0 aliphatic carbocycles. The normalized spacial score (nSPS) is 12.1. The number of aromatic carboxylic acids is 1. The predicted octanol–water partition coefficient (Wildman–Crippen LogP) is 3.49. The van der Waals surface area contributed by atoms with E-state index in [4.69, 9.17) is 9.84 Å². The summed E-state index contributed by atoms with van der Waals surface area (Å²) in [6, 6.07) is 6.45. The lowest BCUT2D eigenvalue weighted by Crippen LogP contribution is -2.03. The highest BCUT2D eigenvalue weighted by molar-refractivity contribution is 5.87.